The van der Waals surface area contributed by atoms with Gasteiger partial charge in [0.2, 0.25) is 5.91 Å². The summed E-state index contributed by atoms with van der Waals surface area (Å²) in [4.78, 5) is 16.3. The summed E-state index contributed by atoms with van der Waals surface area (Å²) in [5, 5.41) is 3.61. The van der Waals surface area contributed by atoms with Crippen molar-refractivity contribution in [3.8, 4) is 16.9 Å². The number of aromatic nitrogens is 1. The summed E-state index contributed by atoms with van der Waals surface area (Å²) in [6, 6.07) is 17.5. The Bertz CT molecular complexity index is 960. The molecule has 0 aliphatic carbocycles. The summed E-state index contributed by atoms with van der Waals surface area (Å²) in [7, 11) is 0. The quantitative estimate of drug-likeness (QED) is 0.728. The normalized spacial score (nSPS) is 15.1. The smallest absolute Gasteiger partial charge is 0.224 e. The third kappa shape index (κ3) is 4.12. The van der Waals surface area contributed by atoms with Gasteiger partial charge >= 0.3 is 0 Å². The molecule has 27 heavy (non-hydrogen) atoms. The third-order valence-corrected chi connectivity index (χ3v) is 4.84. The maximum atomic E-state index is 12.2. The van der Waals surface area contributed by atoms with Crippen molar-refractivity contribution in [3.05, 3.63) is 83.1 Å². The van der Waals surface area contributed by atoms with E-state index in [1.54, 1.807) is 18.5 Å². The van der Waals surface area contributed by atoms with E-state index in [-0.39, 0.29) is 12.0 Å². The van der Waals surface area contributed by atoms with E-state index in [0.29, 0.717) is 18.0 Å². The van der Waals surface area contributed by atoms with E-state index >= 15 is 0 Å². The van der Waals surface area contributed by atoms with Crippen LogP contribution in [0.2, 0.25) is 5.02 Å². The van der Waals surface area contributed by atoms with Gasteiger partial charge < -0.3 is 10.1 Å². The molecule has 5 heteroatoms. The van der Waals surface area contributed by atoms with Gasteiger partial charge in [-0.1, -0.05) is 41.9 Å². The molecular weight excluding hydrogens is 360 g/mol. The number of hydrogen-bond donors (Lipinski definition) is 1. The number of fused-ring (bicyclic) bond motifs is 1. The number of carbonyl (C=O) groups excluding carboxylic acids is 1. The molecule has 1 amide bonds. The lowest BCUT2D eigenvalue weighted by atomic mass is 10.0. The molecule has 2 aromatic carbocycles. The van der Waals surface area contributed by atoms with Crippen molar-refractivity contribution < 1.29 is 9.53 Å². The Morgan fingerprint density at radius 2 is 1.96 bits per heavy atom. The van der Waals surface area contributed by atoms with Crippen LogP contribution in [0.4, 0.5) is 0 Å². The lowest BCUT2D eigenvalue weighted by molar-refractivity contribution is -0.120. The van der Waals surface area contributed by atoms with E-state index in [1.165, 1.54) is 5.56 Å². The second kappa shape index (κ2) is 7.80. The molecule has 1 aromatic heterocycles. The lowest BCUT2D eigenvalue weighted by Crippen LogP contribution is -2.35. The van der Waals surface area contributed by atoms with E-state index < -0.39 is 0 Å². The zero-order valence-corrected chi connectivity index (χ0v) is 15.4. The molecular formula is C22H19ClN2O2. The Balaban J connectivity index is 1.38. The monoisotopic (exact) mass is 378 g/mol. The number of amides is 1. The molecule has 4 nitrogen and oxygen atoms in total. The highest BCUT2D eigenvalue weighted by atomic mass is 35.5. The molecule has 2 heterocycles. The number of pyridine rings is 1. The number of carbonyl (C=O) groups is 1. The first kappa shape index (κ1) is 17.6. The third-order valence-electron chi connectivity index (χ3n) is 4.60. The van der Waals surface area contributed by atoms with Crippen LogP contribution in [0.15, 0.2) is 67.0 Å². The number of rotatable bonds is 5. The standard InChI is InChI=1S/C22H19ClN2O2/c23-18-5-1-3-15(11-18)12-21(26)25-14-19-13-17-4-2-6-20(22(17)27-19)16-7-9-24-10-8-16/h1-11,19H,12-14H2,(H,25,26)/t19-/m1/s1. The Hall–Kier alpha value is -2.85. The molecule has 3 aromatic rings. The van der Waals surface area contributed by atoms with Crippen LogP contribution >= 0.6 is 11.6 Å². The van der Waals surface area contributed by atoms with E-state index in [2.05, 4.69) is 16.4 Å². The minimum absolute atomic E-state index is 0.0359. The number of hydrogen-bond acceptors (Lipinski definition) is 3. The Kier molecular flexibility index (Phi) is 5.07. The average molecular weight is 379 g/mol. The first-order valence-electron chi connectivity index (χ1n) is 8.89. The largest absolute Gasteiger partial charge is 0.487 e. The first-order valence-corrected chi connectivity index (χ1v) is 9.27. The molecule has 1 aliphatic rings. The fourth-order valence-corrected chi connectivity index (χ4v) is 3.55. The summed E-state index contributed by atoms with van der Waals surface area (Å²) in [6.45, 7) is 0.476. The van der Waals surface area contributed by atoms with E-state index in [9.17, 15) is 4.79 Å². The molecule has 0 unspecified atom stereocenters. The molecule has 136 valence electrons. The summed E-state index contributed by atoms with van der Waals surface area (Å²) in [6.07, 6.45) is 4.58. The van der Waals surface area contributed by atoms with Gasteiger partial charge in [0.15, 0.2) is 0 Å². The van der Waals surface area contributed by atoms with Gasteiger partial charge in [0.05, 0.1) is 13.0 Å². The molecule has 4 rings (SSSR count). The molecule has 0 fully saturated rings. The summed E-state index contributed by atoms with van der Waals surface area (Å²) < 4.78 is 6.16. The molecule has 1 N–H and O–H groups in total. The first-order chi connectivity index (χ1) is 13.2. The number of nitrogens with one attached hydrogen (secondary N) is 1. The molecule has 0 saturated carbocycles. The highest BCUT2D eigenvalue weighted by molar-refractivity contribution is 6.30. The van der Waals surface area contributed by atoms with Crippen LogP contribution in [-0.2, 0) is 17.6 Å². The van der Waals surface area contributed by atoms with Gasteiger partial charge in [-0.3, -0.25) is 9.78 Å². The lowest BCUT2D eigenvalue weighted by Gasteiger charge is -2.13. The molecule has 0 radical (unpaired) electrons. The highest BCUT2D eigenvalue weighted by Gasteiger charge is 2.26. The molecule has 0 bridgehead atoms. The van der Waals surface area contributed by atoms with Gasteiger partial charge in [0.1, 0.15) is 11.9 Å². The Labute approximate surface area is 163 Å². The Morgan fingerprint density at radius 3 is 2.78 bits per heavy atom. The molecule has 1 aliphatic heterocycles. The molecule has 0 saturated heterocycles. The fraction of sp³-hybridized carbons (Fsp3) is 0.182. The summed E-state index contributed by atoms with van der Waals surface area (Å²) in [5.74, 6) is 0.865. The minimum Gasteiger partial charge on any atom is -0.487 e. The van der Waals surface area contributed by atoms with Crippen molar-refractivity contribution in [2.75, 3.05) is 6.54 Å². The van der Waals surface area contributed by atoms with Crippen LogP contribution in [0.5, 0.6) is 5.75 Å². The van der Waals surface area contributed by atoms with E-state index in [0.717, 1.165) is 28.9 Å². The highest BCUT2D eigenvalue weighted by Crippen LogP contribution is 2.38. The van der Waals surface area contributed by atoms with Crippen LogP contribution in [0.3, 0.4) is 0 Å². The SMILES string of the molecule is O=C(Cc1cccc(Cl)c1)NC[C@H]1Cc2cccc(-c3ccncc3)c2O1. The fourth-order valence-electron chi connectivity index (χ4n) is 3.33. The van der Waals surface area contributed by atoms with Gasteiger partial charge in [-0.05, 0) is 41.0 Å². The Morgan fingerprint density at radius 1 is 1.15 bits per heavy atom. The number of benzene rings is 2. The van der Waals surface area contributed by atoms with Crippen molar-refractivity contribution in [1.29, 1.82) is 0 Å². The topological polar surface area (TPSA) is 51.2 Å². The minimum atomic E-state index is -0.0636. The van der Waals surface area contributed by atoms with Crippen molar-refractivity contribution in [2.24, 2.45) is 0 Å². The number of halogens is 1. The maximum Gasteiger partial charge on any atom is 0.224 e. The van der Waals surface area contributed by atoms with Crippen LogP contribution in [-0.4, -0.2) is 23.5 Å². The maximum absolute atomic E-state index is 12.2. The van der Waals surface area contributed by atoms with E-state index in [1.807, 2.05) is 42.5 Å². The molecule has 0 spiro atoms. The number of ether oxygens (including phenoxy) is 1. The second-order valence-corrected chi connectivity index (χ2v) is 7.02. The van der Waals surface area contributed by atoms with Crippen LogP contribution in [0.1, 0.15) is 11.1 Å². The predicted octanol–water partition coefficient (Wildman–Crippen LogP) is 4.06. The van der Waals surface area contributed by atoms with Crippen LogP contribution < -0.4 is 10.1 Å². The van der Waals surface area contributed by atoms with Crippen molar-refractivity contribution in [2.45, 2.75) is 18.9 Å². The van der Waals surface area contributed by atoms with Crippen LogP contribution in [0, 0.1) is 0 Å². The zero-order chi connectivity index (χ0) is 18.6. The predicted molar refractivity (Wildman–Crippen MR) is 106 cm³/mol. The van der Waals surface area contributed by atoms with Gasteiger partial charge in [0, 0.05) is 29.4 Å². The van der Waals surface area contributed by atoms with Gasteiger partial charge in [-0.15, -0.1) is 0 Å². The number of para-hydroxylation sites is 1. The van der Waals surface area contributed by atoms with E-state index in [4.69, 9.17) is 16.3 Å². The van der Waals surface area contributed by atoms with Gasteiger partial charge in [0.25, 0.3) is 0 Å². The van der Waals surface area contributed by atoms with Crippen molar-refractivity contribution in [1.82, 2.24) is 10.3 Å². The zero-order valence-electron chi connectivity index (χ0n) is 14.7. The second-order valence-electron chi connectivity index (χ2n) is 6.58. The van der Waals surface area contributed by atoms with Crippen molar-refractivity contribution in [3.63, 3.8) is 0 Å². The summed E-state index contributed by atoms with van der Waals surface area (Å²) >= 11 is 5.97. The molecule has 1 atom stereocenters. The van der Waals surface area contributed by atoms with Crippen LogP contribution in [0.25, 0.3) is 11.1 Å². The number of nitrogens with zero attached hydrogens (tertiary/aromatic N) is 1. The summed E-state index contributed by atoms with van der Waals surface area (Å²) in [5.41, 5.74) is 4.20. The average Bonchev–Trinajstić information content (AvgIpc) is 3.10. The van der Waals surface area contributed by atoms with Crippen molar-refractivity contribution >= 4 is 17.5 Å². The van der Waals surface area contributed by atoms with Gasteiger partial charge in [-0.25, -0.2) is 0 Å². The van der Waals surface area contributed by atoms with Gasteiger partial charge in [-0.2, -0.15) is 0 Å².